The van der Waals surface area contributed by atoms with Crippen molar-refractivity contribution in [3.05, 3.63) is 0 Å². The fourth-order valence-corrected chi connectivity index (χ4v) is 5.76. The van der Waals surface area contributed by atoms with Crippen molar-refractivity contribution in [3.8, 4) is 12.0 Å². The van der Waals surface area contributed by atoms with E-state index in [4.69, 9.17) is 6.42 Å². The molecule has 0 aliphatic carbocycles. The van der Waals surface area contributed by atoms with Crippen LogP contribution in [0.2, 0.25) is 17.1 Å². The molecule has 0 aliphatic rings. The summed E-state index contributed by atoms with van der Waals surface area (Å²) < 4.78 is 0. The molecule has 0 rings (SSSR count). The summed E-state index contributed by atoms with van der Waals surface area (Å²) in [6, 6.07) is 1.22. The van der Waals surface area contributed by atoms with Gasteiger partial charge in [-0.2, -0.15) is 0 Å². The molecule has 0 atom stereocenters. The standard InChI is InChI=1S/C10H20Si/c1-7-11(8-2,9(3)4)10(5)6/h1,9-10H,8H2,2-6H3. The average Bonchev–Trinajstić information content (AvgIpc) is 1.90. The van der Waals surface area contributed by atoms with Crippen LogP contribution in [0.3, 0.4) is 0 Å². The first-order valence-electron chi connectivity index (χ1n) is 4.49. The van der Waals surface area contributed by atoms with Gasteiger partial charge >= 0.3 is 0 Å². The van der Waals surface area contributed by atoms with Gasteiger partial charge in [0, 0.05) is 0 Å². The van der Waals surface area contributed by atoms with Crippen LogP contribution in [-0.2, 0) is 0 Å². The summed E-state index contributed by atoms with van der Waals surface area (Å²) in [6.45, 7) is 11.3. The van der Waals surface area contributed by atoms with Gasteiger partial charge in [0.2, 0.25) is 0 Å². The summed E-state index contributed by atoms with van der Waals surface area (Å²) >= 11 is 0. The highest BCUT2D eigenvalue weighted by molar-refractivity contribution is 6.89. The third kappa shape index (κ3) is 1.87. The molecule has 0 fully saturated rings. The molecule has 0 aromatic heterocycles. The Morgan fingerprint density at radius 2 is 1.55 bits per heavy atom. The summed E-state index contributed by atoms with van der Waals surface area (Å²) in [5.41, 5.74) is 4.54. The van der Waals surface area contributed by atoms with E-state index >= 15 is 0 Å². The molecule has 64 valence electrons. The van der Waals surface area contributed by atoms with Gasteiger partial charge in [-0.15, -0.1) is 12.0 Å². The molecule has 0 spiro atoms. The molecule has 0 saturated carbocycles. The average molecular weight is 168 g/mol. The van der Waals surface area contributed by atoms with E-state index in [1.54, 1.807) is 0 Å². The maximum atomic E-state index is 5.63. The van der Waals surface area contributed by atoms with Crippen molar-refractivity contribution in [2.45, 2.75) is 51.7 Å². The number of rotatable bonds is 3. The van der Waals surface area contributed by atoms with E-state index in [1.807, 2.05) is 0 Å². The van der Waals surface area contributed by atoms with Gasteiger partial charge in [-0.05, 0) is 17.1 Å². The molecule has 0 N–H and O–H groups in total. The monoisotopic (exact) mass is 168 g/mol. The maximum Gasteiger partial charge on any atom is 0.142 e. The van der Waals surface area contributed by atoms with Crippen LogP contribution in [0.25, 0.3) is 0 Å². The van der Waals surface area contributed by atoms with Crippen LogP contribution in [0.4, 0.5) is 0 Å². The van der Waals surface area contributed by atoms with Crippen LogP contribution in [0, 0.1) is 12.0 Å². The third-order valence-corrected chi connectivity index (χ3v) is 8.74. The second-order valence-electron chi connectivity index (χ2n) is 3.85. The van der Waals surface area contributed by atoms with Crippen molar-refractivity contribution < 1.29 is 0 Å². The Balaban J connectivity index is 4.65. The molecule has 0 aromatic rings. The predicted octanol–water partition coefficient (Wildman–Crippen LogP) is 3.45. The molecule has 1 heteroatoms. The quantitative estimate of drug-likeness (QED) is 0.447. The Bertz CT molecular complexity index is 143. The third-order valence-electron chi connectivity index (χ3n) is 2.91. The lowest BCUT2D eigenvalue weighted by Gasteiger charge is -2.32. The highest BCUT2D eigenvalue weighted by atomic mass is 28.3. The van der Waals surface area contributed by atoms with Gasteiger partial charge in [0.25, 0.3) is 0 Å². The minimum atomic E-state index is -1.37. The second-order valence-corrected chi connectivity index (χ2v) is 9.23. The molecule has 11 heavy (non-hydrogen) atoms. The van der Waals surface area contributed by atoms with Gasteiger partial charge in [0.1, 0.15) is 8.07 Å². The van der Waals surface area contributed by atoms with Crippen molar-refractivity contribution >= 4 is 8.07 Å². The van der Waals surface area contributed by atoms with Gasteiger partial charge in [-0.3, -0.25) is 0 Å². The smallest absolute Gasteiger partial charge is 0.134 e. The van der Waals surface area contributed by atoms with Crippen LogP contribution < -0.4 is 0 Å². The van der Waals surface area contributed by atoms with E-state index in [-0.39, 0.29) is 0 Å². The van der Waals surface area contributed by atoms with Gasteiger partial charge in [-0.1, -0.05) is 34.6 Å². The molecular weight excluding hydrogens is 148 g/mol. The SMILES string of the molecule is C#C[Si](CC)(C(C)C)C(C)C. The highest BCUT2D eigenvalue weighted by Gasteiger charge is 2.36. The first-order valence-corrected chi connectivity index (χ1v) is 6.85. The van der Waals surface area contributed by atoms with Crippen molar-refractivity contribution in [1.29, 1.82) is 0 Å². The Morgan fingerprint density at radius 3 is 1.55 bits per heavy atom. The van der Waals surface area contributed by atoms with Gasteiger partial charge in [0.05, 0.1) is 0 Å². The molecule has 0 bridgehead atoms. The van der Waals surface area contributed by atoms with Crippen LogP contribution >= 0.6 is 0 Å². The normalized spacial score (nSPS) is 12.2. The van der Waals surface area contributed by atoms with Crippen LogP contribution in [0.15, 0.2) is 0 Å². The number of terminal acetylenes is 1. The Morgan fingerprint density at radius 1 is 1.18 bits per heavy atom. The van der Waals surface area contributed by atoms with Crippen molar-refractivity contribution in [2.24, 2.45) is 0 Å². The summed E-state index contributed by atoms with van der Waals surface area (Å²) in [5.74, 6) is 0. The van der Waals surface area contributed by atoms with E-state index < -0.39 is 8.07 Å². The summed E-state index contributed by atoms with van der Waals surface area (Å²) in [5, 5.41) is 0. The van der Waals surface area contributed by atoms with Crippen LogP contribution in [0.5, 0.6) is 0 Å². The Kier molecular flexibility index (Phi) is 3.89. The largest absolute Gasteiger partial charge is 0.142 e. The summed E-state index contributed by atoms with van der Waals surface area (Å²) in [4.78, 5) is 0. The molecule has 0 saturated heterocycles. The van der Waals surface area contributed by atoms with E-state index in [9.17, 15) is 0 Å². The molecule has 0 radical (unpaired) electrons. The zero-order valence-electron chi connectivity index (χ0n) is 8.44. The van der Waals surface area contributed by atoms with E-state index in [2.05, 4.69) is 40.2 Å². The van der Waals surface area contributed by atoms with Crippen molar-refractivity contribution in [2.75, 3.05) is 0 Å². The summed E-state index contributed by atoms with van der Waals surface area (Å²) in [6.07, 6.45) is 5.63. The lowest BCUT2D eigenvalue weighted by molar-refractivity contribution is 0.900. The minimum Gasteiger partial charge on any atom is -0.134 e. The summed E-state index contributed by atoms with van der Waals surface area (Å²) in [7, 11) is -1.37. The zero-order chi connectivity index (χ0) is 9.07. The lowest BCUT2D eigenvalue weighted by Crippen LogP contribution is -2.38. The molecule has 0 aliphatic heterocycles. The first-order chi connectivity index (χ1) is 5.01. The van der Waals surface area contributed by atoms with Crippen LogP contribution in [-0.4, -0.2) is 8.07 Å². The zero-order valence-corrected chi connectivity index (χ0v) is 9.44. The Hall–Kier alpha value is -0.223. The number of hydrogen-bond acceptors (Lipinski definition) is 0. The molecule has 0 aromatic carbocycles. The molecule has 0 heterocycles. The first kappa shape index (κ1) is 10.8. The second kappa shape index (κ2) is 3.97. The van der Waals surface area contributed by atoms with Crippen molar-refractivity contribution in [1.82, 2.24) is 0 Å². The topological polar surface area (TPSA) is 0 Å². The molecular formula is C10H20Si. The highest BCUT2D eigenvalue weighted by Crippen LogP contribution is 2.34. The van der Waals surface area contributed by atoms with Gasteiger partial charge in [0.15, 0.2) is 0 Å². The molecule has 0 nitrogen and oxygen atoms in total. The van der Waals surface area contributed by atoms with Gasteiger partial charge in [-0.25, -0.2) is 0 Å². The van der Waals surface area contributed by atoms with E-state index in [1.165, 1.54) is 6.04 Å². The molecule has 0 amide bonds. The van der Waals surface area contributed by atoms with Gasteiger partial charge < -0.3 is 0 Å². The fourth-order valence-electron chi connectivity index (χ4n) is 1.92. The fraction of sp³-hybridized carbons (Fsp3) is 0.800. The number of hydrogen-bond donors (Lipinski definition) is 0. The van der Waals surface area contributed by atoms with E-state index in [0.717, 1.165) is 11.1 Å². The maximum absolute atomic E-state index is 5.63. The van der Waals surface area contributed by atoms with Crippen LogP contribution in [0.1, 0.15) is 34.6 Å². The minimum absolute atomic E-state index is 0.720. The lowest BCUT2D eigenvalue weighted by atomic mass is 10.5. The molecule has 0 unspecified atom stereocenters. The van der Waals surface area contributed by atoms with Crippen molar-refractivity contribution in [3.63, 3.8) is 0 Å². The predicted molar refractivity (Wildman–Crippen MR) is 55.3 cm³/mol. The Labute approximate surface area is 72.4 Å². The van der Waals surface area contributed by atoms with E-state index in [0.29, 0.717) is 0 Å².